The lowest BCUT2D eigenvalue weighted by Gasteiger charge is -2.16. The molecule has 2 aromatic carbocycles. The molecular formula is C16H15Cl2N3O3S. The Morgan fingerprint density at radius 3 is 2.20 bits per heavy atom. The van der Waals surface area contributed by atoms with E-state index < -0.39 is 10.0 Å². The number of hydrogen-bond acceptors (Lipinski definition) is 4. The Morgan fingerprint density at radius 2 is 1.68 bits per heavy atom. The number of rotatable bonds is 4. The minimum atomic E-state index is -3.83. The molecule has 0 bridgehead atoms. The van der Waals surface area contributed by atoms with Crippen molar-refractivity contribution in [1.29, 1.82) is 0 Å². The second-order valence-electron chi connectivity index (χ2n) is 5.60. The van der Waals surface area contributed by atoms with Gasteiger partial charge >= 0.3 is 0 Å². The second kappa shape index (κ2) is 6.74. The van der Waals surface area contributed by atoms with E-state index >= 15 is 0 Å². The van der Waals surface area contributed by atoms with Crippen LogP contribution in [0.4, 0.5) is 17.1 Å². The average Bonchev–Trinajstić information content (AvgIpc) is 2.98. The van der Waals surface area contributed by atoms with Crippen LogP contribution in [0.1, 0.15) is 12.8 Å². The Hall–Kier alpha value is -1.96. The molecule has 1 amide bonds. The highest BCUT2D eigenvalue weighted by Crippen LogP contribution is 2.32. The van der Waals surface area contributed by atoms with Crippen LogP contribution in [-0.2, 0) is 14.8 Å². The zero-order chi connectivity index (χ0) is 18.2. The number of carbonyl (C=O) groups excluding carboxylic acids is 1. The molecule has 0 unspecified atom stereocenters. The van der Waals surface area contributed by atoms with E-state index in [9.17, 15) is 13.2 Å². The summed E-state index contributed by atoms with van der Waals surface area (Å²) in [5, 5.41) is 0.321. The van der Waals surface area contributed by atoms with E-state index in [1.54, 1.807) is 17.0 Å². The molecule has 0 saturated carbocycles. The van der Waals surface area contributed by atoms with Gasteiger partial charge in [0.15, 0.2) is 0 Å². The van der Waals surface area contributed by atoms with E-state index in [1.165, 1.54) is 24.3 Å². The summed E-state index contributed by atoms with van der Waals surface area (Å²) in [5.41, 5.74) is 6.72. The Kier molecular flexibility index (Phi) is 4.81. The third-order valence-corrected chi connectivity index (χ3v) is 5.89. The first kappa shape index (κ1) is 17.8. The third-order valence-electron chi connectivity index (χ3n) is 3.86. The molecular weight excluding hydrogens is 385 g/mol. The van der Waals surface area contributed by atoms with Gasteiger partial charge in [0.1, 0.15) is 0 Å². The molecule has 0 spiro atoms. The molecule has 3 rings (SSSR count). The summed E-state index contributed by atoms with van der Waals surface area (Å²) in [4.78, 5) is 13.5. The molecule has 9 heteroatoms. The van der Waals surface area contributed by atoms with Crippen LogP contribution in [0.3, 0.4) is 0 Å². The number of halogens is 2. The number of hydrogen-bond donors (Lipinski definition) is 2. The van der Waals surface area contributed by atoms with E-state index in [4.69, 9.17) is 28.9 Å². The first-order valence-corrected chi connectivity index (χ1v) is 9.69. The van der Waals surface area contributed by atoms with Crippen LogP contribution in [0.5, 0.6) is 0 Å². The van der Waals surface area contributed by atoms with Crippen molar-refractivity contribution < 1.29 is 13.2 Å². The fraction of sp³-hybridized carbons (Fsp3) is 0.188. The number of nitrogens with one attached hydrogen (secondary N) is 1. The van der Waals surface area contributed by atoms with Crippen molar-refractivity contribution in [3.8, 4) is 0 Å². The van der Waals surface area contributed by atoms with Crippen molar-refractivity contribution in [2.45, 2.75) is 17.7 Å². The minimum absolute atomic E-state index is 0.0416. The number of sulfonamides is 1. The molecule has 3 N–H and O–H groups in total. The van der Waals surface area contributed by atoms with E-state index in [1.807, 2.05) is 0 Å². The summed E-state index contributed by atoms with van der Waals surface area (Å²) in [6, 6.07) is 8.89. The second-order valence-corrected chi connectivity index (χ2v) is 8.10. The summed E-state index contributed by atoms with van der Waals surface area (Å²) in [5.74, 6) is 0.0416. The van der Waals surface area contributed by atoms with Gasteiger partial charge in [0.2, 0.25) is 5.91 Å². The molecule has 6 nitrogen and oxygen atoms in total. The molecule has 0 atom stereocenters. The molecule has 1 saturated heterocycles. The van der Waals surface area contributed by atoms with Gasteiger partial charge in [0.05, 0.1) is 26.3 Å². The summed E-state index contributed by atoms with van der Waals surface area (Å²) in [6.45, 7) is 0.644. The molecule has 1 fully saturated rings. The van der Waals surface area contributed by atoms with Gasteiger partial charge in [0.25, 0.3) is 10.0 Å². The smallest absolute Gasteiger partial charge is 0.261 e. The molecule has 1 aliphatic heterocycles. The Bertz CT molecular complexity index is 907. The van der Waals surface area contributed by atoms with Crippen molar-refractivity contribution >= 4 is 56.2 Å². The summed E-state index contributed by atoms with van der Waals surface area (Å²) < 4.78 is 27.4. The van der Waals surface area contributed by atoms with Gasteiger partial charge in [-0.2, -0.15) is 0 Å². The monoisotopic (exact) mass is 399 g/mol. The van der Waals surface area contributed by atoms with Crippen LogP contribution in [0, 0.1) is 0 Å². The van der Waals surface area contributed by atoms with Crippen molar-refractivity contribution in [3.05, 3.63) is 46.4 Å². The lowest BCUT2D eigenvalue weighted by molar-refractivity contribution is -0.117. The van der Waals surface area contributed by atoms with Crippen LogP contribution in [-0.4, -0.2) is 20.9 Å². The van der Waals surface area contributed by atoms with Gasteiger partial charge in [-0.25, -0.2) is 8.42 Å². The predicted octanol–water partition coefficient (Wildman–Crippen LogP) is 3.50. The predicted molar refractivity (Wildman–Crippen MR) is 99.7 cm³/mol. The number of carbonyl (C=O) groups is 1. The molecule has 0 radical (unpaired) electrons. The van der Waals surface area contributed by atoms with E-state index in [2.05, 4.69) is 4.72 Å². The lowest BCUT2D eigenvalue weighted by atomic mass is 10.3. The van der Waals surface area contributed by atoms with Crippen molar-refractivity contribution in [2.75, 3.05) is 21.9 Å². The average molecular weight is 400 g/mol. The number of nitrogens with zero attached hydrogens (tertiary/aromatic N) is 1. The number of amides is 1. The number of benzene rings is 2. The Morgan fingerprint density at radius 1 is 1.08 bits per heavy atom. The van der Waals surface area contributed by atoms with Crippen LogP contribution in [0.2, 0.25) is 10.0 Å². The van der Waals surface area contributed by atoms with E-state index in [-0.39, 0.29) is 32.2 Å². The number of nitrogens with two attached hydrogens (primary N) is 1. The fourth-order valence-electron chi connectivity index (χ4n) is 2.58. The molecule has 1 heterocycles. The molecule has 0 aromatic heterocycles. The minimum Gasteiger partial charge on any atom is -0.396 e. The largest absolute Gasteiger partial charge is 0.396 e. The Balaban J connectivity index is 1.84. The quantitative estimate of drug-likeness (QED) is 0.769. The fourth-order valence-corrected chi connectivity index (χ4v) is 4.11. The van der Waals surface area contributed by atoms with Gasteiger partial charge in [-0.3, -0.25) is 9.52 Å². The maximum atomic E-state index is 12.5. The van der Waals surface area contributed by atoms with Gasteiger partial charge in [-0.05, 0) is 42.8 Å². The maximum absolute atomic E-state index is 12.5. The van der Waals surface area contributed by atoms with Crippen molar-refractivity contribution in [1.82, 2.24) is 0 Å². The molecule has 132 valence electrons. The molecule has 0 aliphatic carbocycles. The van der Waals surface area contributed by atoms with E-state index in [0.717, 1.165) is 6.42 Å². The van der Waals surface area contributed by atoms with Crippen LogP contribution in [0.25, 0.3) is 0 Å². The van der Waals surface area contributed by atoms with Gasteiger partial charge in [-0.1, -0.05) is 23.2 Å². The normalized spacial score (nSPS) is 14.8. The Labute approximate surface area is 155 Å². The molecule has 1 aliphatic rings. The van der Waals surface area contributed by atoms with Gasteiger partial charge < -0.3 is 10.6 Å². The first-order chi connectivity index (χ1) is 11.8. The molecule has 25 heavy (non-hydrogen) atoms. The summed E-state index contributed by atoms with van der Waals surface area (Å²) in [6.07, 6.45) is 1.32. The summed E-state index contributed by atoms with van der Waals surface area (Å²) >= 11 is 11.8. The highest BCUT2D eigenvalue weighted by molar-refractivity contribution is 7.92. The van der Waals surface area contributed by atoms with Gasteiger partial charge in [-0.15, -0.1) is 0 Å². The molecule has 2 aromatic rings. The van der Waals surface area contributed by atoms with Crippen LogP contribution < -0.4 is 15.4 Å². The zero-order valence-electron chi connectivity index (χ0n) is 13.0. The SMILES string of the molecule is Nc1c(Cl)cc(NS(=O)(=O)c2ccc(N3CCCC3=O)cc2)cc1Cl. The van der Waals surface area contributed by atoms with Crippen LogP contribution in [0.15, 0.2) is 41.3 Å². The lowest BCUT2D eigenvalue weighted by Crippen LogP contribution is -2.23. The van der Waals surface area contributed by atoms with E-state index in [0.29, 0.717) is 18.7 Å². The topological polar surface area (TPSA) is 92.5 Å². The highest BCUT2D eigenvalue weighted by atomic mass is 35.5. The number of nitrogen functional groups attached to an aromatic ring is 1. The van der Waals surface area contributed by atoms with Crippen molar-refractivity contribution in [3.63, 3.8) is 0 Å². The number of anilines is 3. The standard InChI is InChI=1S/C16H15Cl2N3O3S/c17-13-8-10(9-14(18)16(13)19)20-25(23,24)12-5-3-11(4-6-12)21-7-1-2-15(21)22/h3-6,8-9,20H,1-2,7,19H2. The maximum Gasteiger partial charge on any atom is 0.261 e. The highest BCUT2D eigenvalue weighted by Gasteiger charge is 2.22. The zero-order valence-corrected chi connectivity index (χ0v) is 15.3. The first-order valence-electron chi connectivity index (χ1n) is 7.46. The van der Waals surface area contributed by atoms with Crippen molar-refractivity contribution in [2.24, 2.45) is 0 Å². The third kappa shape index (κ3) is 3.68. The van der Waals surface area contributed by atoms with Crippen LogP contribution >= 0.6 is 23.2 Å². The van der Waals surface area contributed by atoms with Gasteiger partial charge in [0, 0.05) is 18.7 Å². The summed E-state index contributed by atoms with van der Waals surface area (Å²) in [7, 11) is -3.83.